The summed E-state index contributed by atoms with van der Waals surface area (Å²) in [5.74, 6) is 2.20. The van der Waals surface area contributed by atoms with Crippen LogP contribution in [0.25, 0.3) is 10.8 Å². The molecule has 0 bridgehead atoms. The van der Waals surface area contributed by atoms with Crippen molar-refractivity contribution >= 4 is 10.8 Å². The maximum atomic E-state index is 6.00. The summed E-state index contributed by atoms with van der Waals surface area (Å²) in [5, 5.41) is 2.39. The summed E-state index contributed by atoms with van der Waals surface area (Å²) in [5.41, 5.74) is 7.22. The Balaban J connectivity index is 2.25. The number of benzene rings is 2. The summed E-state index contributed by atoms with van der Waals surface area (Å²) in [7, 11) is 3.39. The second-order valence-electron chi connectivity index (χ2n) is 4.77. The summed E-state index contributed by atoms with van der Waals surface area (Å²) >= 11 is 0. The lowest BCUT2D eigenvalue weighted by molar-refractivity contribution is 0.410. The van der Waals surface area contributed by atoms with Crippen molar-refractivity contribution in [2.24, 2.45) is 5.73 Å². The second kappa shape index (κ2) is 4.18. The molecule has 0 unspecified atom stereocenters. The molecule has 0 aromatic heterocycles. The highest BCUT2D eigenvalue weighted by atomic mass is 16.5. The second-order valence-corrected chi connectivity index (χ2v) is 4.77. The van der Waals surface area contributed by atoms with E-state index in [1.54, 1.807) is 14.2 Å². The number of rotatable bonds is 3. The molecule has 0 heterocycles. The van der Waals surface area contributed by atoms with E-state index in [1.807, 2.05) is 12.1 Å². The molecule has 1 saturated carbocycles. The molecule has 0 aliphatic heterocycles. The topological polar surface area (TPSA) is 44.5 Å². The van der Waals surface area contributed by atoms with Crippen molar-refractivity contribution in [1.29, 1.82) is 0 Å². The van der Waals surface area contributed by atoms with Gasteiger partial charge in [-0.25, -0.2) is 0 Å². The number of hydrogen-bond acceptors (Lipinski definition) is 3. The zero-order valence-corrected chi connectivity index (χ0v) is 10.6. The zero-order chi connectivity index (χ0) is 12.7. The van der Waals surface area contributed by atoms with Gasteiger partial charge in [0.2, 0.25) is 0 Å². The maximum Gasteiger partial charge on any atom is 0.123 e. The van der Waals surface area contributed by atoms with Crippen LogP contribution in [-0.4, -0.2) is 20.3 Å². The van der Waals surface area contributed by atoms with Crippen molar-refractivity contribution in [3.8, 4) is 11.5 Å². The van der Waals surface area contributed by atoms with Crippen molar-refractivity contribution in [3.05, 3.63) is 35.9 Å². The molecule has 3 heteroatoms. The molecular formula is C15H17NO2. The molecule has 0 saturated heterocycles. The Labute approximate surface area is 106 Å². The van der Waals surface area contributed by atoms with Gasteiger partial charge in [-0.15, -0.1) is 0 Å². The molecule has 18 heavy (non-hydrogen) atoms. The van der Waals surface area contributed by atoms with E-state index in [0.29, 0.717) is 5.92 Å². The molecule has 2 aromatic rings. The van der Waals surface area contributed by atoms with Gasteiger partial charge in [0, 0.05) is 17.5 Å². The predicted octanol–water partition coefficient (Wildman–Crippen LogP) is 2.67. The molecule has 2 N–H and O–H groups in total. The number of methoxy groups -OCH3 is 2. The van der Waals surface area contributed by atoms with Gasteiger partial charge in [-0.1, -0.05) is 12.1 Å². The Hall–Kier alpha value is -1.74. The minimum absolute atomic E-state index is 0.260. The molecule has 3 nitrogen and oxygen atoms in total. The molecule has 1 aliphatic rings. The molecule has 1 fully saturated rings. The van der Waals surface area contributed by atoms with Gasteiger partial charge in [0.25, 0.3) is 0 Å². The fourth-order valence-corrected chi connectivity index (χ4v) is 2.54. The van der Waals surface area contributed by atoms with Crippen LogP contribution in [0.1, 0.15) is 17.9 Å². The fraction of sp³-hybridized carbons (Fsp3) is 0.333. The molecule has 3 rings (SSSR count). The number of ether oxygens (including phenoxy) is 2. The van der Waals surface area contributed by atoms with Gasteiger partial charge in [-0.05, 0) is 35.4 Å². The highest BCUT2D eigenvalue weighted by Gasteiger charge is 2.38. The third-order valence-electron chi connectivity index (χ3n) is 3.66. The van der Waals surface area contributed by atoms with Gasteiger partial charge in [0.15, 0.2) is 0 Å². The fourth-order valence-electron chi connectivity index (χ4n) is 2.54. The Morgan fingerprint density at radius 1 is 1.11 bits per heavy atom. The Kier molecular flexibility index (Phi) is 2.63. The number of fused-ring (bicyclic) bond motifs is 1. The van der Waals surface area contributed by atoms with E-state index in [2.05, 4.69) is 18.2 Å². The van der Waals surface area contributed by atoms with E-state index in [1.165, 1.54) is 16.3 Å². The normalized spacial score (nSPS) is 21.9. The number of hydrogen-bond donors (Lipinski definition) is 1. The van der Waals surface area contributed by atoms with Crippen LogP contribution in [0.15, 0.2) is 30.3 Å². The van der Waals surface area contributed by atoms with Crippen LogP contribution in [0.2, 0.25) is 0 Å². The first-order chi connectivity index (χ1) is 8.74. The Morgan fingerprint density at radius 3 is 2.44 bits per heavy atom. The van der Waals surface area contributed by atoms with Crippen LogP contribution in [0.3, 0.4) is 0 Å². The van der Waals surface area contributed by atoms with Gasteiger partial charge >= 0.3 is 0 Å². The molecule has 2 aromatic carbocycles. The zero-order valence-electron chi connectivity index (χ0n) is 10.6. The lowest BCUT2D eigenvalue weighted by atomic mass is 9.99. The summed E-state index contributed by atoms with van der Waals surface area (Å²) < 4.78 is 10.8. The van der Waals surface area contributed by atoms with Gasteiger partial charge in [0.05, 0.1) is 14.2 Å². The first-order valence-electron chi connectivity index (χ1n) is 6.15. The van der Waals surface area contributed by atoms with Crippen molar-refractivity contribution in [1.82, 2.24) is 0 Å². The molecule has 2 atom stereocenters. The SMILES string of the molecule is COc1ccc2ccc(OC)c([C@@H]3C[C@H]3N)c2c1. The molecule has 0 amide bonds. The Bertz CT molecular complexity index is 589. The first-order valence-corrected chi connectivity index (χ1v) is 6.15. The van der Waals surface area contributed by atoms with Crippen LogP contribution in [0.5, 0.6) is 11.5 Å². The number of nitrogens with two attached hydrogens (primary N) is 1. The third-order valence-corrected chi connectivity index (χ3v) is 3.66. The minimum Gasteiger partial charge on any atom is -0.497 e. The van der Waals surface area contributed by atoms with Crippen LogP contribution in [0, 0.1) is 0 Å². The molecule has 94 valence electrons. The van der Waals surface area contributed by atoms with E-state index in [4.69, 9.17) is 15.2 Å². The van der Waals surface area contributed by atoms with Crippen LogP contribution in [0.4, 0.5) is 0 Å². The van der Waals surface area contributed by atoms with Crippen LogP contribution < -0.4 is 15.2 Å². The van der Waals surface area contributed by atoms with Crippen molar-refractivity contribution in [2.45, 2.75) is 18.4 Å². The molecule has 0 spiro atoms. The van der Waals surface area contributed by atoms with E-state index in [0.717, 1.165) is 17.9 Å². The minimum atomic E-state index is 0.260. The van der Waals surface area contributed by atoms with Crippen LogP contribution in [-0.2, 0) is 0 Å². The average molecular weight is 243 g/mol. The summed E-state index contributed by atoms with van der Waals surface area (Å²) in [6.07, 6.45) is 1.03. The van der Waals surface area contributed by atoms with Crippen molar-refractivity contribution < 1.29 is 9.47 Å². The smallest absolute Gasteiger partial charge is 0.123 e. The van der Waals surface area contributed by atoms with Gasteiger partial charge in [-0.3, -0.25) is 0 Å². The predicted molar refractivity (Wildman–Crippen MR) is 72.4 cm³/mol. The highest BCUT2D eigenvalue weighted by Crippen LogP contribution is 2.47. The summed E-state index contributed by atoms with van der Waals surface area (Å²) in [4.78, 5) is 0. The van der Waals surface area contributed by atoms with Gasteiger partial charge in [-0.2, -0.15) is 0 Å². The summed E-state index contributed by atoms with van der Waals surface area (Å²) in [6, 6.07) is 10.5. The lowest BCUT2D eigenvalue weighted by Crippen LogP contribution is -2.03. The van der Waals surface area contributed by atoms with E-state index >= 15 is 0 Å². The average Bonchev–Trinajstić information content (AvgIpc) is 3.13. The molecule has 1 aliphatic carbocycles. The molecule has 0 radical (unpaired) electrons. The lowest BCUT2D eigenvalue weighted by Gasteiger charge is -2.12. The van der Waals surface area contributed by atoms with E-state index in [-0.39, 0.29) is 6.04 Å². The van der Waals surface area contributed by atoms with Crippen LogP contribution >= 0.6 is 0 Å². The van der Waals surface area contributed by atoms with Gasteiger partial charge < -0.3 is 15.2 Å². The third kappa shape index (κ3) is 1.71. The molecular weight excluding hydrogens is 226 g/mol. The van der Waals surface area contributed by atoms with E-state index in [9.17, 15) is 0 Å². The summed E-state index contributed by atoms with van der Waals surface area (Å²) in [6.45, 7) is 0. The standard InChI is InChI=1S/C15H17NO2/c1-17-10-5-3-9-4-6-14(18-2)15(11(9)7-10)12-8-13(12)16/h3-7,12-13H,8,16H2,1-2H3/t12-,13-/m1/s1. The van der Waals surface area contributed by atoms with Crippen molar-refractivity contribution in [2.75, 3.05) is 14.2 Å². The maximum absolute atomic E-state index is 6.00. The largest absolute Gasteiger partial charge is 0.497 e. The van der Waals surface area contributed by atoms with Gasteiger partial charge in [0.1, 0.15) is 11.5 Å². The van der Waals surface area contributed by atoms with Crippen molar-refractivity contribution in [3.63, 3.8) is 0 Å². The van der Waals surface area contributed by atoms with E-state index < -0.39 is 0 Å². The Morgan fingerprint density at radius 2 is 1.83 bits per heavy atom. The highest BCUT2D eigenvalue weighted by molar-refractivity contribution is 5.90. The monoisotopic (exact) mass is 243 g/mol. The quantitative estimate of drug-likeness (QED) is 0.901. The first kappa shape index (κ1) is 11.4.